The van der Waals surface area contributed by atoms with Crippen molar-refractivity contribution in [3.05, 3.63) is 210 Å². The van der Waals surface area contributed by atoms with E-state index in [-0.39, 0.29) is 0 Å². The van der Waals surface area contributed by atoms with Crippen molar-refractivity contribution in [1.29, 1.82) is 0 Å². The van der Waals surface area contributed by atoms with E-state index in [4.69, 9.17) is 19.9 Å². The van der Waals surface area contributed by atoms with E-state index in [1.165, 1.54) is 55.9 Å². The van der Waals surface area contributed by atoms with E-state index < -0.39 is 0 Å². The Morgan fingerprint density at radius 3 is 1.29 bits per heavy atom. The molecule has 302 valence electrons. The second-order valence-corrected chi connectivity index (χ2v) is 15.9. The lowest BCUT2D eigenvalue weighted by atomic mass is 9.94. The molecule has 0 aliphatic heterocycles. The van der Waals surface area contributed by atoms with Crippen LogP contribution < -0.4 is 9.80 Å². The third-order valence-electron chi connectivity index (χ3n) is 11.2. The Morgan fingerprint density at radius 1 is 0.387 bits per heavy atom. The first-order valence-electron chi connectivity index (χ1n) is 20.9. The largest absolute Gasteiger partial charge is 0.309 e. The molecule has 9 aromatic rings. The van der Waals surface area contributed by atoms with Gasteiger partial charge in [0.1, 0.15) is 12.1 Å². The maximum Gasteiger partial charge on any atom is 0.239 e. The lowest BCUT2D eigenvalue weighted by molar-refractivity contribution is 0.999. The molecule has 7 nitrogen and oxygen atoms in total. The van der Waals surface area contributed by atoms with Gasteiger partial charge >= 0.3 is 0 Å². The summed E-state index contributed by atoms with van der Waals surface area (Å²) in [5, 5.41) is 0. The molecule has 0 bridgehead atoms. The first-order valence-corrected chi connectivity index (χ1v) is 20.9. The molecule has 0 amide bonds. The first kappa shape index (κ1) is 39.7. The summed E-state index contributed by atoms with van der Waals surface area (Å²) < 4.78 is 0. The maximum absolute atomic E-state index is 5.20. The second kappa shape index (κ2) is 17.1. The number of aromatic nitrogens is 5. The van der Waals surface area contributed by atoms with Gasteiger partial charge in [-0.1, -0.05) is 145 Å². The molecule has 62 heavy (non-hydrogen) atoms. The van der Waals surface area contributed by atoms with Crippen LogP contribution in [-0.2, 0) is 0 Å². The van der Waals surface area contributed by atoms with Gasteiger partial charge in [0.15, 0.2) is 11.6 Å². The third-order valence-corrected chi connectivity index (χ3v) is 11.2. The first-order chi connectivity index (χ1) is 30.2. The molecule has 0 aliphatic carbocycles. The Hall–Kier alpha value is -7.77. The van der Waals surface area contributed by atoms with Gasteiger partial charge in [0.2, 0.25) is 5.95 Å². The minimum absolute atomic E-state index is 0.436. The van der Waals surface area contributed by atoms with Gasteiger partial charge in [-0.3, -0.25) is 4.90 Å². The topological polar surface area (TPSA) is 70.9 Å². The summed E-state index contributed by atoms with van der Waals surface area (Å²) in [4.78, 5) is 28.8. The highest BCUT2D eigenvalue weighted by molar-refractivity contribution is 5.86. The van der Waals surface area contributed by atoms with E-state index in [1.54, 1.807) is 12.5 Å². The zero-order valence-electron chi connectivity index (χ0n) is 35.9. The molecule has 9 rings (SSSR count). The van der Waals surface area contributed by atoms with Crippen LogP contribution in [0.3, 0.4) is 0 Å². The minimum atomic E-state index is 0.436. The number of rotatable bonds is 10. The number of anilines is 6. The molecule has 0 spiro atoms. The predicted molar refractivity (Wildman–Crippen MR) is 255 cm³/mol. The second-order valence-electron chi connectivity index (χ2n) is 15.9. The summed E-state index contributed by atoms with van der Waals surface area (Å²) in [6, 6.07) is 57.0. The Morgan fingerprint density at radius 2 is 0.806 bits per heavy atom. The number of aryl methyl sites for hydroxylation is 6. The van der Waals surface area contributed by atoms with Gasteiger partial charge < -0.3 is 4.90 Å². The Kier molecular flexibility index (Phi) is 10.9. The number of hydrogen-bond donors (Lipinski definition) is 0. The van der Waals surface area contributed by atoms with Crippen molar-refractivity contribution in [1.82, 2.24) is 24.9 Å². The molecule has 0 radical (unpaired) electrons. The summed E-state index contributed by atoms with van der Waals surface area (Å²) in [5.74, 6) is 2.17. The van der Waals surface area contributed by atoms with Crippen molar-refractivity contribution >= 4 is 34.5 Å². The van der Waals surface area contributed by atoms with Crippen molar-refractivity contribution in [3.8, 4) is 45.0 Å². The molecule has 0 aliphatic rings. The van der Waals surface area contributed by atoms with E-state index in [0.717, 1.165) is 33.6 Å². The van der Waals surface area contributed by atoms with Crippen molar-refractivity contribution in [2.75, 3.05) is 9.80 Å². The SMILES string of the molecule is Cc1cc(C)c(N(c2ccc(N(c3ccncn3)c3nc(-c4ccccc4)nc(-c4ccc(-c5ccccc5-c5ccccc5)cc4)n3)cc2)c2c(C)cc(C)cc2C)c(C)c1. The molecule has 0 fully saturated rings. The Bertz CT molecular complexity index is 2900. The molecule has 0 saturated carbocycles. The summed E-state index contributed by atoms with van der Waals surface area (Å²) >= 11 is 0. The van der Waals surface area contributed by atoms with Gasteiger partial charge in [-0.25, -0.2) is 15.0 Å². The average molecular weight is 806 g/mol. The van der Waals surface area contributed by atoms with Crippen molar-refractivity contribution < 1.29 is 0 Å². The van der Waals surface area contributed by atoms with E-state index in [1.807, 2.05) is 47.4 Å². The Labute approximate surface area is 364 Å². The highest BCUT2D eigenvalue weighted by Crippen LogP contribution is 2.44. The molecule has 7 aromatic carbocycles. The number of benzene rings is 7. The fraction of sp³-hybridized carbons (Fsp3) is 0.109. The highest BCUT2D eigenvalue weighted by atomic mass is 15.3. The van der Waals surface area contributed by atoms with Gasteiger partial charge in [-0.2, -0.15) is 9.97 Å². The van der Waals surface area contributed by atoms with Crippen molar-refractivity contribution in [2.45, 2.75) is 41.5 Å². The summed E-state index contributed by atoms with van der Waals surface area (Å²) in [6.45, 7) is 13.1. The van der Waals surface area contributed by atoms with Gasteiger partial charge in [-0.15, -0.1) is 0 Å². The number of nitrogens with zero attached hydrogens (tertiary/aromatic N) is 7. The zero-order chi connectivity index (χ0) is 42.7. The van der Waals surface area contributed by atoms with Gasteiger partial charge in [-0.05, 0) is 116 Å². The van der Waals surface area contributed by atoms with Crippen LogP contribution >= 0.6 is 0 Å². The molecular formula is C55H47N7. The van der Waals surface area contributed by atoms with Crippen LogP contribution in [0.2, 0.25) is 0 Å². The lowest BCUT2D eigenvalue weighted by Gasteiger charge is -2.32. The average Bonchev–Trinajstić information content (AvgIpc) is 3.29. The fourth-order valence-corrected chi connectivity index (χ4v) is 8.65. The van der Waals surface area contributed by atoms with E-state index in [9.17, 15) is 0 Å². The molecule has 2 aromatic heterocycles. The molecule has 7 heteroatoms. The lowest BCUT2D eigenvalue weighted by Crippen LogP contribution is -2.18. The quantitative estimate of drug-likeness (QED) is 0.136. The van der Waals surface area contributed by atoms with Gasteiger partial charge in [0.25, 0.3) is 0 Å². The molecular weight excluding hydrogens is 759 g/mol. The molecule has 0 N–H and O–H groups in total. The molecule has 2 heterocycles. The van der Waals surface area contributed by atoms with Crippen molar-refractivity contribution in [3.63, 3.8) is 0 Å². The van der Waals surface area contributed by atoms with Gasteiger partial charge in [0.05, 0.1) is 17.1 Å². The summed E-state index contributed by atoms with van der Waals surface area (Å²) in [7, 11) is 0. The molecule has 0 unspecified atom stereocenters. The van der Waals surface area contributed by atoms with E-state index in [2.05, 4.69) is 173 Å². The van der Waals surface area contributed by atoms with E-state index in [0.29, 0.717) is 23.4 Å². The molecule has 0 atom stereocenters. The Balaban J connectivity index is 1.17. The van der Waals surface area contributed by atoms with Crippen molar-refractivity contribution in [2.24, 2.45) is 0 Å². The predicted octanol–water partition coefficient (Wildman–Crippen LogP) is 14.1. The minimum Gasteiger partial charge on any atom is -0.309 e. The van der Waals surface area contributed by atoms with Crippen LogP contribution in [-0.4, -0.2) is 24.9 Å². The summed E-state index contributed by atoms with van der Waals surface area (Å²) in [6.07, 6.45) is 3.29. The highest BCUT2D eigenvalue weighted by Gasteiger charge is 2.24. The normalized spacial score (nSPS) is 11.1. The number of hydrogen-bond acceptors (Lipinski definition) is 7. The van der Waals surface area contributed by atoms with Crippen LogP contribution in [0.15, 0.2) is 176 Å². The van der Waals surface area contributed by atoms with Crippen LogP contribution in [0.25, 0.3) is 45.0 Å². The smallest absolute Gasteiger partial charge is 0.239 e. The third kappa shape index (κ3) is 7.96. The standard InChI is InChI=1S/C55H47N7/c1-36-31-38(3)51(39(4)32-36)62(52-40(5)33-37(2)34-41(52)6)47-27-25-46(26-28-47)61(50-29-30-56-35-57-50)55-59-53(44-17-11-8-12-18-44)58-54(60-55)45-23-21-43(22-24-45)49-20-14-13-19-48(49)42-15-9-7-10-16-42/h7-35H,1-6H3. The van der Waals surface area contributed by atoms with Gasteiger partial charge in [0, 0.05) is 23.0 Å². The van der Waals surface area contributed by atoms with Crippen LogP contribution in [0, 0.1) is 41.5 Å². The van der Waals surface area contributed by atoms with E-state index >= 15 is 0 Å². The van der Waals surface area contributed by atoms with Crippen LogP contribution in [0.1, 0.15) is 33.4 Å². The zero-order valence-corrected chi connectivity index (χ0v) is 35.9. The van der Waals surface area contributed by atoms with Crippen LogP contribution in [0.5, 0.6) is 0 Å². The van der Waals surface area contributed by atoms with Crippen LogP contribution in [0.4, 0.5) is 34.5 Å². The molecule has 0 saturated heterocycles. The monoisotopic (exact) mass is 805 g/mol. The fourth-order valence-electron chi connectivity index (χ4n) is 8.65. The summed E-state index contributed by atoms with van der Waals surface area (Å²) in [5.41, 5.74) is 17.9. The maximum atomic E-state index is 5.20.